The highest BCUT2D eigenvalue weighted by Gasteiger charge is 2.22. The summed E-state index contributed by atoms with van der Waals surface area (Å²) in [6.07, 6.45) is 1.13. The van der Waals surface area contributed by atoms with Gasteiger partial charge in [-0.25, -0.2) is 0 Å². The van der Waals surface area contributed by atoms with E-state index in [1.807, 2.05) is 30.3 Å². The predicted octanol–water partition coefficient (Wildman–Crippen LogP) is 3.25. The largest absolute Gasteiger partial charge is 0.380 e. The van der Waals surface area contributed by atoms with Crippen LogP contribution in [0.2, 0.25) is 0 Å². The van der Waals surface area contributed by atoms with Crippen LogP contribution in [0.1, 0.15) is 12.0 Å². The standard InChI is InChI=1S/C17H17N3/c18-12-14-6-8-15(9-7-14)19-16-10-11-20(13-16)17-4-2-1-3-5-17/h1-9,16,19H,10-11,13H2. The minimum atomic E-state index is 0.461. The fourth-order valence-corrected chi connectivity index (χ4v) is 2.63. The van der Waals surface area contributed by atoms with Crippen LogP contribution >= 0.6 is 0 Å². The average molecular weight is 263 g/mol. The minimum Gasteiger partial charge on any atom is -0.380 e. The molecule has 3 rings (SSSR count). The first-order valence-corrected chi connectivity index (χ1v) is 6.92. The van der Waals surface area contributed by atoms with Gasteiger partial charge in [0.2, 0.25) is 0 Å². The van der Waals surface area contributed by atoms with E-state index in [2.05, 4.69) is 40.6 Å². The second-order valence-corrected chi connectivity index (χ2v) is 5.10. The van der Waals surface area contributed by atoms with E-state index in [0.29, 0.717) is 11.6 Å². The highest BCUT2D eigenvalue weighted by atomic mass is 15.2. The first kappa shape index (κ1) is 12.6. The molecule has 1 aliphatic rings. The Hall–Kier alpha value is -2.47. The molecule has 0 spiro atoms. The summed E-state index contributed by atoms with van der Waals surface area (Å²) in [4.78, 5) is 2.40. The van der Waals surface area contributed by atoms with Crippen LogP contribution in [0, 0.1) is 11.3 Å². The van der Waals surface area contributed by atoms with Crippen molar-refractivity contribution in [3.63, 3.8) is 0 Å². The molecule has 1 aliphatic heterocycles. The third kappa shape index (κ3) is 2.75. The molecule has 0 radical (unpaired) electrons. The Labute approximate surface area is 119 Å². The van der Waals surface area contributed by atoms with Crippen LogP contribution in [0.5, 0.6) is 0 Å². The van der Waals surface area contributed by atoms with Crippen LogP contribution in [0.25, 0.3) is 0 Å². The Bertz CT molecular complexity index is 598. The smallest absolute Gasteiger partial charge is 0.0991 e. The number of anilines is 2. The van der Waals surface area contributed by atoms with E-state index in [4.69, 9.17) is 5.26 Å². The van der Waals surface area contributed by atoms with E-state index in [0.717, 1.165) is 25.2 Å². The number of hydrogen-bond donors (Lipinski definition) is 1. The number of nitriles is 1. The van der Waals surface area contributed by atoms with Crippen molar-refractivity contribution < 1.29 is 0 Å². The van der Waals surface area contributed by atoms with Crippen molar-refractivity contribution in [2.75, 3.05) is 23.3 Å². The Morgan fingerprint density at radius 1 is 1.05 bits per heavy atom. The topological polar surface area (TPSA) is 39.1 Å². The number of hydrogen-bond acceptors (Lipinski definition) is 3. The lowest BCUT2D eigenvalue weighted by Gasteiger charge is -2.19. The molecular formula is C17H17N3. The zero-order chi connectivity index (χ0) is 13.8. The van der Waals surface area contributed by atoms with Gasteiger partial charge in [-0.05, 0) is 42.8 Å². The lowest BCUT2D eigenvalue weighted by molar-refractivity contribution is 0.807. The maximum absolute atomic E-state index is 8.80. The van der Waals surface area contributed by atoms with Crippen molar-refractivity contribution in [1.29, 1.82) is 5.26 Å². The maximum atomic E-state index is 8.80. The zero-order valence-electron chi connectivity index (χ0n) is 11.3. The lowest BCUT2D eigenvalue weighted by Crippen LogP contribution is -2.25. The highest BCUT2D eigenvalue weighted by Crippen LogP contribution is 2.22. The van der Waals surface area contributed by atoms with Gasteiger partial charge in [0.25, 0.3) is 0 Å². The van der Waals surface area contributed by atoms with Crippen LogP contribution < -0.4 is 10.2 Å². The molecule has 0 aliphatic carbocycles. The Kier molecular flexibility index (Phi) is 3.56. The van der Waals surface area contributed by atoms with E-state index in [1.54, 1.807) is 0 Å². The van der Waals surface area contributed by atoms with Crippen molar-refractivity contribution in [1.82, 2.24) is 0 Å². The molecule has 1 atom stereocenters. The first-order chi connectivity index (χ1) is 9.85. The van der Waals surface area contributed by atoms with Gasteiger partial charge in [-0.15, -0.1) is 0 Å². The van der Waals surface area contributed by atoms with Gasteiger partial charge in [-0.2, -0.15) is 5.26 Å². The van der Waals surface area contributed by atoms with Gasteiger partial charge in [0.15, 0.2) is 0 Å². The number of para-hydroxylation sites is 1. The number of benzene rings is 2. The molecule has 1 unspecified atom stereocenters. The Morgan fingerprint density at radius 2 is 1.80 bits per heavy atom. The van der Waals surface area contributed by atoms with Crippen LogP contribution in [0.15, 0.2) is 54.6 Å². The number of nitrogens with one attached hydrogen (secondary N) is 1. The van der Waals surface area contributed by atoms with Crippen LogP contribution in [-0.2, 0) is 0 Å². The van der Waals surface area contributed by atoms with Crippen LogP contribution in [-0.4, -0.2) is 19.1 Å². The molecule has 1 N–H and O–H groups in total. The summed E-state index contributed by atoms with van der Waals surface area (Å²) >= 11 is 0. The lowest BCUT2D eigenvalue weighted by atomic mass is 10.2. The SMILES string of the molecule is N#Cc1ccc(NC2CCN(c3ccccc3)C2)cc1. The predicted molar refractivity (Wildman–Crippen MR) is 81.8 cm³/mol. The second-order valence-electron chi connectivity index (χ2n) is 5.10. The monoisotopic (exact) mass is 263 g/mol. The zero-order valence-corrected chi connectivity index (χ0v) is 11.3. The van der Waals surface area contributed by atoms with E-state index >= 15 is 0 Å². The fraction of sp³-hybridized carbons (Fsp3) is 0.235. The van der Waals surface area contributed by atoms with Crippen molar-refractivity contribution in [3.05, 3.63) is 60.2 Å². The van der Waals surface area contributed by atoms with Gasteiger partial charge in [-0.1, -0.05) is 18.2 Å². The fourth-order valence-electron chi connectivity index (χ4n) is 2.63. The first-order valence-electron chi connectivity index (χ1n) is 6.92. The van der Waals surface area contributed by atoms with E-state index in [1.165, 1.54) is 5.69 Å². The molecule has 0 saturated carbocycles. The summed E-state index contributed by atoms with van der Waals surface area (Å²) in [5.74, 6) is 0. The highest BCUT2D eigenvalue weighted by molar-refractivity contribution is 5.51. The molecule has 3 heteroatoms. The summed E-state index contributed by atoms with van der Waals surface area (Å²) < 4.78 is 0. The van der Waals surface area contributed by atoms with Crippen molar-refractivity contribution >= 4 is 11.4 Å². The van der Waals surface area contributed by atoms with Crippen LogP contribution in [0.4, 0.5) is 11.4 Å². The third-order valence-corrected chi connectivity index (χ3v) is 3.69. The third-order valence-electron chi connectivity index (χ3n) is 3.69. The van der Waals surface area contributed by atoms with E-state index < -0.39 is 0 Å². The molecule has 2 aromatic carbocycles. The van der Waals surface area contributed by atoms with E-state index in [9.17, 15) is 0 Å². The van der Waals surface area contributed by atoms with Crippen molar-refractivity contribution in [3.8, 4) is 6.07 Å². The second kappa shape index (κ2) is 5.66. The molecule has 1 saturated heterocycles. The molecule has 3 nitrogen and oxygen atoms in total. The summed E-state index contributed by atoms with van der Waals surface area (Å²) in [5.41, 5.74) is 3.08. The molecule has 100 valence electrons. The Balaban J connectivity index is 1.61. The normalized spacial score (nSPS) is 17.8. The van der Waals surface area contributed by atoms with Gasteiger partial charge in [0.05, 0.1) is 11.6 Å². The molecule has 0 aromatic heterocycles. The van der Waals surface area contributed by atoms with E-state index in [-0.39, 0.29) is 0 Å². The molecular weight excluding hydrogens is 246 g/mol. The molecule has 2 aromatic rings. The summed E-state index contributed by atoms with van der Waals surface area (Å²) in [6, 6.07) is 20.8. The minimum absolute atomic E-state index is 0.461. The van der Waals surface area contributed by atoms with Gasteiger partial charge in [0.1, 0.15) is 0 Å². The number of nitrogens with zero attached hydrogens (tertiary/aromatic N) is 2. The van der Waals surface area contributed by atoms with Gasteiger partial charge >= 0.3 is 0 Å². The molecule has 1 heterocycles. The summed E-state index contributed by atoms with van der Waals surface area (Å²) in [5, 5.41) is 12.3. The quantitative estimate of drug-likeness (QED) is 0.924. The average Bonchev–Trinajstić information content (AvgIpc) is 2.97. The maximum Gasteiger partial charge on any atom is 0.0991 e. The van der Waals surface area contributed by atoms with Gasteiger partial charge < -0.3 is 10.2 Å². The van der Waals surface area contributed by atoms with Crippen LogP contribution in [0.3, 0.4) is 0 Å². The Morgan fingerprint density at radius 3 is 2.50 bits per heavy atom. The van der Waals surface area contributed by atoms with Gasteiger partial charge in [0, 0.05) is 30.5 Å². The summed E-state index contributed by atoms with van der Waals surface area (Å²) in [6.45, 7) is 2.10. The van der Waals surface area contributed by atoms with Gasteiger partial charge in [-0.3, -0.25) is 0 Å². The molecule has 20 heavy (non-hydrogen) atoms. The molecule has 0 bridgehead atoms. The molecule has 0 amide bonds. The van der Waals surface area contributed by atoms with Crippen molar-refractivity contribution in [2.45, 2.75) is 12.5 Å². The van der Waals surface area contributed by atoms with Crippen molar-refractivity contribution in [2.24, 2.45) is 0 Å². The number of rotatable bonds is 3. The molecule has 1 fully saturated rings. The summed E-state index contributed by atoms with van der Waals surface area (Å²) in [7, 11) is 0.